The van der Waals surface area contributed by atoms with Crippen LogP contribution in [0.2, 0.25) is 0 Å². The molecule has 2 aromatic rings. The molecule has 0 unspecified atom stereocenters. The molecule has 0 spiro atoms. The van der Waals surface area contributed by atoms with Crippen molar-refractivity contribution in [3.05, 3.63) is 41.5 Å². The van der Waals surface area contributed by atoms with Crippen LogP contribution in [0.25, 0.3) is 10.4 Å². The maximum Gasteiger partial charge on any atom is 0.407 e. The van der Waals surface area contributed by atoms with Gasteiger partial charge in [-0.25, -0.2) is 4.79 Å². The third-order valence-corrected chi connectivity index (χ3v) is 3.33. The van der Waals surface area contributed by atoms with E-state index >= 15 is 0 Å². The first-order valence-electron chi connectivity index (χ1n) is 6.83. The molecule has 0 atom stereocenters. The Balaban J connectivity index is 0.00000116. The molecule has 1 amide bonds. The third-order valence-electron chi connectivity index (χ3n) is 2.51. The first-order chi connectivity index (χ1) is 10.4. The van der Waals surface area contributed by atoms with Crippen LogP contribution in [0, 0.1) is 0 Å². The zero-order valence-corrected chi connectivity index (χ0v) is 14.1. The third kappa shape index (κ3) is 6.24. The highest BCUT2D eigenvalue weighted by atomic mass is 32.1. The largest absolute Gasteiger partial charge is 0.444 e. The molecule has 1 aromatic carbocycles. The number of benzene rings is 1. The summed E-state index contributed by atoms with van der Waals surface area (Å²) >= 11 is 1.61. The molecule has 5 nitrogen and oxygen atoms in total. The minimum Gasteiger partial charge on any atom is -0.444 e. The second kappa shape index (κ2) is 8.51. The van der Waals surface area contributed by atoms with E-state index in [9.17, 15) is 4.79 Å². The van der Waals surface area contributed by atoms with Gasteiger partial charge < -0.3 is 15.2 Å². The summed E-state index contributed by atoms with van der Waals surface area (Å²) in [7, 11) is 1.00. The number of ether oxygens (including phenoxy) is 1. The summed E-state index contributed by atoms with van der Waals surface area (Å²) in [6.07, 6.45) is 1.45. The van der Waals surface area contributed by atoms with E-state index in [2.05, 4.69) is 10.3 Å². The Hall–Kier alpha value is -1.92. The Morgan fingerprint density at radius 2 is 1.91 bits per heavy atom. The summed E-state index contributed by atoms with van der Waals surface area (Å²) in [4.78, 5) is 16.7. The van der Waals surface area contributed by atoms with Crippen molar-refractivity contribution >= 4 is 17.4 Å². The zero-order chi connectivity index (χ0) is 16.6. The fraction of sp³-hybridized carbons (Fsp3) is 0.375. The van der Waals surface area contributed by atoms with Crippen molar-refractivity contribution in [1.82, 2.24) is 10.3 Å². The van der Waals surface area contributed by atoms with Crippen LogP contribution in [0.4, 0.5) is 4.79 Å². The first kappa shape index (κ1) is 18.1. The molecule has 0 aliphatic carbocycles. The first-order valence-corrected chi connectivity index (χ1v) is 7.71. The molecule has 0 saturated carbocycles. The van der Waals surface area contributed by atoms with E-state index in [0.29, 0.717) is 6.54 Å². The van der Waals surface area contributed by atoms with Gasteiger partial charge in [-0.05, 0) is 31.9 Å². The summed E-state index contributed by atoms with van der Waals surface area (Å²) in [5.41, 5.74) is 3.51. The lowest BCUT2D eigenvalue weighted by molar-refractivity contribution is 0.0523. The van der Waals surface area contributed by atoms with Crippen molar-refractivity contribution < 1.29 is 14.6 Å². The van der Waals surface area contributed by atoms with Crippen molar-refractivity contribution in [1.29, 1.82) is 0 Å². The number of thiazole rings is 1. The minimum atomic E-state index is -0.472. The van der Waals surface area contributed by atoms with Gasteiger partial charge in [0.15, 0.2) is 0 Å². The molecule has 1 heterocycles. The van der Waals surface area contributed by atoms with E-state index in [1.165, 1.54) is 0 Å². The fourth-order valence-electron chi connectivity index (χ4n) is 1.63. The highest BCUT2D eigenvalue weighted by molar-refractivity contribution is 7.13. The number of amides is 1. The average Bonchev–Trinajstić information content (AvgIpc) is 3.00. The van der Waals surface area contributed by atoms with E-state index in [0.717, 1.165) is 23.1 Å². The van der Waals surface area contributed by atoms with Gasteiger partial charge in [-0.2, -0.15) is 0 Å². The summed E-state index contributed by atoms with van der Waals surface area (Å²) in [5.74, 6) is 0. The van der Waals surface area contributed by atoms with E-state index < -0.39 is 11.7 Å². The van der Waals surface area contributed by atoms with Crippen molar-refractivity contribution in [3.63, 3.8) is 0 Å². The molecule has 0 saturated heterocycles. The quantitative estimate of drug-likeness (QED) is 0.908. The van der Waals surface area contributed by atoms with Gasteiger partial charge >= 0.3 is 6.09 Å². The van der Waals surface area contributed by atoms with Crippen LogP contribution in [0.5, 0.6) is 0 Å². The molecule has 0 fully saturated rings. The number of rotatable bonds is 3. The number of aliphatic hydroxyl groups excluding tert-OH is 1. The van der Waals surface area contributed by atoms with Gasteiger partial charge in [0, 0.05) is 19.9 Å². The molecule has 0 aliphatic rings. The van der Waals surface area contributed by atoms with Crippen molar-refractivity contribution in [3.8, 4) is 10.4 Å². The number of hydrogen-bond acceptors (Lipinski definition) is 5. The Kier molecular flexibility index (Phi) is 7.01. The van der Waals surface area contributed by atoms with Gasteiger partial charge in [0.25, 0.3) is 0 Å². The second-order valence-corrected chi connectivity index (χ2v) is 6.30. The SMILES string of the molecule is CC(C)(C)OC(=O)NCc1ccc(-c2cncs2)cc1.CO. The minimum absolute atomic E-state index is 0.399. The van der Waals surface area contributed by atoms with Crippen LogP contribution in [0.15, 0.2) is 36.0 Å². The molecule has 2 N–H and O–H groups in total. The Morgan fingerprint density at radius 1 is 1.27 bits per heavy atom. The molecule has 22 heavy (non-hydrogen) atoms. The average molecular weight is 322 g/mol. The smallest absolute Gasteiger partial charge is 0.407 e. The Morgan fingerprint density at radius 3 is 2.41 bits per heavy atom. The Labute approximate surface area is 135 Å². The van der Waals surface area contributed by atoms with Crippen molar-refractivity contribution in [2.45, 2.75) is 32.9 Å². The number of aromatic nitrogens is 1. The maximum absolute atomic E-state index is 11.5. The van der Waals surface area contributed by atoms with Crippen LogP contribution in [-0.2, 0) is 11.3 Å². The number of hydrogen-bond donors (Lipinski definition) is 2. The number of aliphatic hydroxyl groups is 1. The van der Waals surface area contributed by atoms with Crippen LogP contribution in [0.3, 0.4) is 0 Å². The van der Waals surface area contributed by atoms with Gasteiger partial charge in [0.2, 0.25) is 0 Å². The number of alkyl carbamates (subject to hydrolysis) is 1. The number of nitrogens with one attached hydrogen (secondary N) is 1. The van der Waals surface area contributed by atoms with Crippen LogP contribution < -0.4 is 5.32 Å². The van der Waals surface area contributed by atoms with Gasteiger partial charge in [-0.15, -0.1) is 11.3 Å². The molecule has 0 radical (unpaired) electrons. The van der Waals surface area contributed by atoms with Crippen LogP contribution in [0.1, 0.15) is 26.3 Å². The van der Waals surface area contributed by atoms with E-state index in [1.54, 1.807) is 11.3 Å². The molecule has 1 aromatic heterocycles. The predicted octanol–water partition coefficient (Wildman–Crippen LogP) is 3.44. The van der Waals surface area contributed by atoms with E-state index in [4.69, 9.17) is 9.84 Å². The fourth-order valence-corrected chi connectivity index (χ4v) is 2.26. The highest BCUT2D eigenvalue weighted by Crippen LogP contribution is 2.23. The number of carbonyl (C=O) groups excluding carboxylic acids is 1. The number of carbonyl (C=O) groups is 1. The van der Waals surface area contributed by atoms with E-state index in [1.807, 2.05) is 56.7 Å². The van der Waals surface area contributed by atoms with Gasteiger partial charge in [-0.3, -0.25) is 4.98 Å². The maximum atomic E-state index is 11.5. The molecule has 0 bridgehead atoms. The summed E-state index contributed by atoms with van der Waals surface area (Å²) < 4.78 is 5.19. The predicted molar refractivity (Wildman–Crippen MR) is 88.8 cm³/mol. The lowest BCUT2D eigenvalue weighted by Gasteiger charge is -2.19. The topological polar surface area (TPSA) is 71.5 Å². The molecule has 6 heteroatoms. The summed E-state index contributed by atoms with van der Waals surface area (Å²) in [5, 5.41) is 9.74. The highest BCUT2D eigenvalue weighted by Gasteiger charge is 2.15. The lowest BCUT2D eigenvalue weighted by atomic mass is 10.1. The monoisotopic (exact) mass is 322 g/mol. The lowest BCUT2D eigenvalue weighted by Crippen LogP contribution is -2.32. The van der Waals surface area contributed by atoms with Crippen LogP contribution >= 0.6 is 11.3 Å². The van der Waals surface area contributed by atoms with E-state index in [-0.39, 0.29) is 0 Å². The summed E-state index contributed by atoms with van der Waals surface area (Å²) in [6, 6.07) is 8.04. The number of nitrogens with zero attached hydrogens (tertiary/aromatic N) is 1. The standard InChI is InChI=1S/C15H18N2O2S.CH4O/c1-15(2,3)19-14(18)17-8-11-4-6-12(7-5-11)13-9-16-10-20-13;1-2/h4-7,9-10H,8H2,1-3H3,(H,17,18);2H,1H3. The van der Waals surface area contributed by atoms with Gasteiger partial charge in [0.05, 0.1) is 10.4 Å². The van der Waals surface area contributed by atoms with Crippen LogP contribution in [-0.4, -0.2) is 28.9 Å². The molecular formula is C16H22N2O3S. The normalized spacial score (nSPS) is 10.4. The van der Waals surface area contributed by atoms with Crippen molar-refractivity contribution in [2.75, 3.05) is 7.11 Å². The van der Waals surface area contributed by atoms with Crippen molar-refractivity contribution in [2.24, 2.45) is 0 Å². The molecule has 120 valence electrons. The summed E-state index contributed by atoms with van der Waals surface area (Å²) in [6.45, 7) is 5.99. The molecular weight excluding hydrogens is 300 g/mol. The molecule has 2 rings (SSSR count). The molecule has 0 aliphatic heterocycles. The van der Waals surface area contributed by atoms with Gasteiger partial charge in [-0.1, -0.05) is 24.3 Å². The Bertz CT molecular complexity index is 560. The van der Waals surface area contributed by atoms with Gasteiger partial charge in [0.1, 0.15) is 5.60 Å². The second-order valence-electron chi connectivity index (χ2n) is 5.42. The zero-order valence-electron chi connectivity index (χ0n) is 13.3.